The molecule has 2 aliphatic carbocycles. The van der Waals surface area contributed by atoms with E-state index in [1.54, 1.807) is 0 Å². The predicted octanol–water partition coefficient (Wildman–Crippen LogP) is 2.30. The quantitative estimate of drug-likeness (QED) is 0.664. The Balaban J connectivity index is 0.000000443. The Labute approximate surface area is 183 Å². The van der Waals surface area contributed by atoms with Crippen LogP contribution in [0.1, 0.15) is 90.9 Å². The maximum Gasteiger partial charge on any atom is 2.00 e. The molecule has 0 aliphatic heterocycles. The number of hydrogen-bond acceptors (Lipinski definition) is 4. The van der Waals surface area contributed by atoms with Crippen LogP contribution in [-0.4, -0.2) is 49.7 Å². The Kier molecular flexibility index (Phi) is 14.4. The van der Waals surface area contributed by atoms with Crippen molar-refractivity contribution in [2.75, 3.05) is 0 Å². The second-order valence-electron chi connectivity index (χ2n) is 7.46. The first-order valence-electron chi connectivity index (χ1n) is 9.92. The number of carboxylic acid groups (broad SMARTS) is 2. The summed E-state index contributed by atoms with van der Waals surface area (Å²) in [6, 6.07) is 0. The molecule has 4 nitrogen and oxygen atoms in total. The van der Waals surface area contributed by atoms with Crippen LogP contribution in [-0.2, 0) is 9.59 Å². The summed E-state index contributed by atoms with van der Waals surface area (Å²) >= 11 is 0. The molecule has 2 atom stereocenters. The topological polar surface area (TPSA) is 80.3 Å². The van der Waals surface area contributed by atoms with E-state index in [4.69, 9.17) is 0 Å². The molecule has 5 heteroatoms. The van der Waals surface area contributed by atoms with Crippen LogP contribution in [0.5, 0.6) is 0 Å². The van der Waals surface area contributed by atoms with Crippen molar-refractivity contribution in [1.29, 1.82) is 0 Å². The molecule has 25 heavy (non-hydrogen) atoms. The summed E-state index contributed by atoms with van der Waals surface area (Å²) in [5.41, 5.74) is 0. The van der Waals surface area contributed by atoms with Crippen LogP contribution < -0.4 is 10.2 Å². The Morgan fingerprint density at radius 2 is 1.00 bits per heavy atom. The van der Waals surface area contributed by atoms with Crippen LogP contribution in [0, 0.1) is 23.7 Å². The van der Waals surface area contributed by atoms with Crippen LogP contribution >= 0.6 is 0 Å². The van der Waals surface area contributed by atoms with Crippen LogP contribution in [0.3, 0.4) is 0 Å². The zero-order valence-corrected chi connectivity index (χ0v) is 18.3. The van der Waals surface area contributed by atoms with Gasteiger partial charge < -0.3 is 19.8 Å². The van der Waals surface area contributed by atoms with Gasteiger partial charge in [-0.3, -0.25) is 0 Å². The average molecular weight is 379 g/mol. The molecule has 0 radical (unpaired) electrons. The van der Waals surface area contributed by atoms with Gasteiger partial charge in [-0.1, -0.05) is 52.4 Å². The Morgan fingerprint density at radius 3 is 1.20 bits per heavy atom. The molecular formula is C20H34CaO4. The minimum atomic E-state index is -0.843. The third-order valence-corrected chi connectivity index (χ3v) is 5.92. The fourth-order valence-electron chi connectivity index (χ4n) is 4.46. The van der Waals surface area contributed by atoms with Gasteiger partial charge in [0.2, 0.25) is 0 Å². The first-order chi connectivity index (χ1) is 11.5. The molecule has 0 aromatic rings. The fourth-order valence-corrected chi connectivity index (χ4v) is 4.46. The van der Waals surface area contributed by atoms with E-state index in [0.29, 0.717) is 11.8 Å². The van der Waals surface area contributed by atoms with E-state index in [0.717, 1.165) is 38.5 Å². The van der Waals surface area contributed by atoms with E-state index in [2.05, 4.69) is 0 Å². The number of hydrogen-bond donors (Lipinski definition) is 0. The normalized spacial score (nSPS) is 21.2. The SMILES string of the molecule is CCC(C(=O)[O-])C1CCCCC1.CCC(C(=O)[O-])C1CCCCC1.[Ca+2]. The minimum Gasteiger partial charge on any atom is -0.550 e. The molecule has 0 bridgehead atoms. The van der Waals surface area contributed by atoms with Gasteiger partial charge in [-0.2, -0.15) is 0 Å². The van der Waals surface area contributed by atoms with Crippen molar-refractivity contribution in [2.24, 2.45) is 23.7 Å². The molecule has 2 unspecified atom stereocenters. The van der Waals surface area contributed by atoms with Crippen LogP contribution in [0.4, 0.5) is 0 Å². The minimum absolute atomic E-state index is 0. The van der Waals surface area contributed by atoms with Gasteiger partial charge in [-0.25, -0.2) is 0 Å². The van der Waals surface area contributed by atoms with Crippen molar-refractivity contribution >= 4 is 49.7 Å². The third-order valence-electron chi connectivity index (χ3n) is 5.92. The molecule has 0 heterocycles. The standard InChI is InChI=1S/2C10H18O2.Ca/c2*1-2-9(10(11)12)8-6-4-3-5-7-8;/h2*8-9H,2-7H2,1H3,(H,11,12);/q;;+2/p-2. The molecule has 0 N–H and O–H groups in total. The summed E-state index contributed by atoms with van der Waals surface area (Å²) in [7, 11) is 0. The Bertz CT molecular complexity index is 338. The van der Waals surface area contributed by atoms with Crippen molar-refractivity contribution < 1.29 is 19.8 Å². The number of aliphatic carboxylic acids is 2. The fraction of sp³-hybridized carbons (Fsp3) is 0.900. The molecule has 0 spiro atoms. The van der Waals surface area contributed by atoms with Crippen molar-refractivity contribution in [3.63, 3.8) is 0 Å². The Hall–Kier alpha value is 0.200. The summed E-state index contributed by atoms with van der Waals surface area (Å²) in [6.45, 7) is 3.88. The van der Waals surface area contributed by atoms with Gasteiger partial charge in [0.05, 0.1) is 0 Å². The molecule has 2 rings (SSSR count). The van der Waals surface area contributed by atoms with Gasteiger partial charge in [0.25, 0.3) is 0 Å². The van der Waals surface area contributed by atoms with Gasteiger partial charge in [0.15, 0.2) is 0 Å². The van der Waals surface area contributed by atoms with E-state index >= 15 is 0 Å². The number of carboxylic acids is 2. The third kappa shape index (κ3) is 9.10. The Morgan fingerprint density at radius 1 is 0.720 bits per heavy atom. The van der Waals surface area contributed by atoms with Gasteiger partial charge in [0, 0.05) is 23.8 Å². The summed E-state index contributed by atoms with van der Waals surface area (Å²) in [4.78, 5) is 21.4. The monoisotopic (exact) mass is 378 g/mol. The smallest absolute Gasteiger partial charge is 0.550 e. The van der Waals surface area contributed by atoms with Crippen molar-refractivity contribution in [3.05, 3.63) is 0 Å². The summed E-state index contributed by atoms with van der Waals surface area (Å²) in [6.07, 6.45) is 13.2. The molecule has 0 saturated heterocycles. The molecule has 2 aliphatic rings. The molecule has 2 saturated carbocycles. The molecule has 2 fully saturated rings. The average Bonchev–Trinajstić information content (AvgIpc) is 2.58. The number of carbonyl (C=O) groups is 2. The summed E-state index contributed by atoms with van der Waals surface area (Å²) in [5.74, 6) is -1.27. The summed E-state index contributed by atoms with van der Waals surface area (Å²) in [5, 5.41) is 21.4. The molecule has 0 aromatic carbocycles. The van der Waals surface area contributed by atoms with E-state index in [9.17, 15) is 19.8 Å². The summed E-state index contributed by atoms with van der Waals surface area (Å²) < 4.78 is 0. The van der Waals surface area contributed by atoms with Crippen LogP contribution in [0.25, 0.3) is 0 Å². The van der Waals surface area contributed by atoms with Gasteiger partial charge in [-0.05, 0) is 50.4 Å². The van der Waals surface area contributed by atoms with E-state index in [1.807, 2.05) is 13.8 Å². The zero-order chi connectivity index (χ0) is 17.9. The second-order valence-corrected chi connectivity index (χ2v) is 7.46. The number of rotatable bonds is 6. The first-order valence-corrected chi connectivity index (χ1v) is 9.92. The van der Waals surface area contributed by atoms with Crippen molar-refractivity contribution in [3.8, 4) is 0 Å². The van der Waals surface area contributed by atoms with Crippen molar-refractivity contribution in [1.82, 2.24) is 0 Å². The predicted molar refractivity (Wildman–Crippen MR) is 96.5 cm³/mol. The maximum atomic E-state index is 10.7. The number of carbonyl (C=O) groups excluding carboxylic acids is 2. The van der Waals surface area contributed by atoms with E-state index in [-0.39, 0.29) is 49.6 Å². The van der Waals surface area contributed by atoms with E-state index in [1.165, 1.54) is 38.5 Å². The van der Waals surface area contributed by atoms with E-state index < -0.39 is 11.9 Å². The largest absolute Gasteiger partial charge is 2.00 e. The van der Waals surface area contributed by atoms with Gasteiger partial charge >= 0.3 is 37.7 Å². The molecule has 140 valence electrons. The maximum absolute atomic E-state index is 10.7. The zero-order valence-electron chi connectivity index (χ0n) is 16.1. The van der Waals surface area contributed by atoms with Crippen molar-refractivity contribution in [2.45, 2.75) is 90.9 Å². The van der Waals surface area contributed by atoms with Crippen LogP contribution in [0.15, 0.2) is 0 Å². The van der Waals surface area contributed by atoms with Crippen LogP contribution in [0.2, 0.25) is 0 Å². The first kappa shape index (κ1) is 25.2. The molecule has 0 amide bonds. The van der Waals surface area contributed by atoms with Gasteiger partial charge in [-0.15, -0.1) is 0 Å². The van der Waals surface area contributed by atoms with Gasteiger partial charge in [0.1, 0.15) is 0 Å². The molecule has 0 aromatic heterocycles. The second kappa shape index (κ2) is 14.3. The molecular weight excluding hydrogens is 344 g/mol.